The van der Waals surface area contributed by atoms with E-state index >= 15 is 0 Å². The summed E-state index contributed by atoms with van der Waals surface area (Å²) in [5.74, 6) is -0.847. The zero-order valence-corrected chi connectivity index (χ0v) is 14.2. The van der Waals surface area contributed by atoms with E-state index in [0.717, 1.165) is 0 Å². The van der Waals surface area contributed by atoms with E-state index in [1.54, 1.807) is 0 Å². The number of hydrogen-bond donors (Lipinski definition) is 2. The number of ether oxygens (including phenoxy) is 1. The lowest BCUT2D eigenvalue weighted by molar-refractivity contribution is 0.110. The van der Waals surface area contributed by atoms with Crippen LogP contribution in [0, 0.1) is 11.8 Å². The summed E-state index contributed by atoms with van der Waals surface area (Å²) in [4.78, 5) is 0. The minimum Gasteiger partial charge on any atom is -0.381 e. The average Bonchev–Trinajstić information content (AvgIpc) is 2.32. The van der Waals surface area contributed by atoms with Crippen molar-refractivity contribution in [1.82, 2.24) is 0 Å². The van der Waals surface area contributed by atoms with Crippen molar-refractivity contribution >= 4 is 20.2 Å². The van der Waals surface area contributed by atoms with Crippen molar-refractivity contribution in [2.75, 3.05) is 24.7 Å². The number of hydrogen-bond acceptors (Lipinski definition) is 5. The van der Waals surface area contributed by atoms with Crippen LogP contribution in [0.4, 0.5) is 0 Å². The van der Waals surface area contributed by atoms with Gasteiger partial charge < -0.3 is 4.74 Å². The molecule has 0 saturated heterocycles. The molecular weight excluding hydrogens is 320 g/mol. The Labute approximate surface area is 127 Å². The zero-order chi connectivity index (χ0) is 16.5. The van der Waals surface area contributed by atoms with Crippen LogP contribution < -0.4 is 0 Å². The van der Waals surface area contributed by atoms with Crippen molar-refractivity contribution in [3.8, 4) is 0 Å². The van der Waals surface area contributed by atoms with Gasteiger partial charge in [-0.3, -0.25) is 9.11 Å². The van der Waals surface area contributed by atoms with Gasteiger partial charge in [-0.1, -0.05) is 26.7 Å². The minimum atomic E-state index is -3.97. The van der Waals surface area contributed by atoms with Crippen molar-refractivity contribution in [2.24, 2.45) is 11.8 Å². The Morgan fingerprint density at radius 1 is 0.810 bits per heavy atom. The molecule has 21 heavy (non-hydrogen) atoms. The van der Waals surface area contributed by atoms with E-state index in [1.807, 2.05) is 13.8 Å². The summed E-state index contributed by atoms with van der Waals surface area (Å²) in [7, 11) is -7.93. The lowest BCUT2D eigenvalue weighted by Crippen LogP contribution is -2.18. The maximum Gasteiger partial charge on any atom is 0.265 e. The fraction of sp³-hybridized carbons (Fsp3) is 1.00. The van der Waals surface area contributed by atoms with Gasteiger partial charge >= 0.3 is 0 Å². The van der Waals surface area contributed by atoms with Crippen LogP contribution in [0.1, 0.15) is 39.5 Å². The van der Waals surface area contributed by atoms with Crippen LogP contribution in [0.25, 0.3) is 0 Å². The maximum absolute atomic E-state index is 10.8. The smallest absolute Gasteiger partial charge is 0.265 e. The average molecular weight is 346 g/mol. The molecule has 0 aliphatic heterocycles. The van der Waals surface area contributed by atoms with Crippen LogP contribution in [0.2, 0.25) is 0 Å². The summed E-state index contributed by atoms with van der Waals surface area (Å²) >= 11 is 0. The largest absolute Gasteiger partial charge is 0.381 e. The summed E-state index contributed by atoms with van der Waals surface area (Å²) in [6, 6.07) is 0. The van der Waals surface area contributed by atoms with Gasteiger partial charge in [0.15, 0.2) is 0 Å². The highest BCUT2D eigenvalue weighted by atomic mass is 32.2. The van der Waals surface area contributed by atoms with E-state index in [4.69, 9.17) is 13.8 Å². The molecule has 2 atom stereocenters. The molecule has 0 aromatic rings. The predicted molar refractivity (Wildman–Crippen MR) is 80.4 cm³/mol. The molecule has 0 amide bonds. The number of rotatable bonds is 12. The highest BCUT2D eigenvalue weighted by Crippen LogP contribution is 2.13. The molecule has 0 fully saturated rings. The molecule has 9 heteroatoms. The molecule has 0 saturated carbocycles. The van der Waals surface area contributed by atoms with Gasteiger partial charge in [-0.05, 0) is 24.7 Å². The second kappa shape index (κ2) is 9.73. The molecule has 0 aromatic heterocycles. The van der Waals surface area contributed by atoms with Crippen LogP contribution >= 0.6 is 0 Å². The molecule has 0 aliphatic rings. The van der Waals surface area contributed by atoms with Gasteiger partial charge in [0.1, 0.15) is 0 Å². The summed E-state index contributed by atoms with van der Waals surface area (Å²) in [6.45, 7) is 4.40. The van der Waals surface area contributed by atoms with Gasteiger partial charge in [0.25, 0.3) is 20.2 Å². The Hall–Kier alpha value is -0.220. The van der Waals surface area contributed by atoms with Crippen LogP contribution in [0.15, 0.2) is 0 Å². The highest BCUT2D eigenvalue weighted by molar-refractivity contribution is 7.86. The summed E-state index contributed by atoms with van der Waals surface area (Å²) in [5, 5.41) is 0. The summed E-state index contributed by atoms with van der Waals surface area (Å²) in [6.07, 6.45) is 2.30. The molecule has 7 nitrogen and oxygen atoms in total. The second-order valence-corrected chi connectivity index (χ2v) is 8.23. The normalized spacial score (nSPS) is 15.8. The van der Waals surface area contributed by atoms with Crippen molar-refractivity contribution < 1.29 is 30.7 Å². The van der Waals surface area contributed by atoms with Gasteiger partial charge in [0.05, 0.1) is 11.5 Å². The molecule has 0 aliphatic carbocycles. The molecule has 2 unspecified atom stereocenters. The second-order valence-electron chi connectivity index (χ2n) is 5.24. The molecule has 0 spiro atoms. The topological polar surface area (TPSA) is 118 Å². The van der Waals surface area contributed by atoms with E-state index in [-0.39, 0.29) is 23.3 Å². The van der Waals surface area contributed by atoms with Crippen LogP contribution in [0.3, 0.4) is 0 Å². The standard InChI is InChI=1S/C12H26O7S2/c1-3-11(9-20(13,14)15)5-7-19-8-6-12(4-2)10-21(16,17)18/h11-12H,3-10H2,1-2H3,(H,13,14,15)(H,16,17,18). The van der Waals surface area contributed by atoms with E-state index in [9.17, 15) is 16.8 Å². The van der Waals surface area contributed by atoms with Crippen molar-refractivity contribution in [2.45, 2.75) is 39.5 Å². The Bertz CT molecular complexity index is 426. The lowest BCUT2D eigenvalue weighted by Gasteiger charge is -2.15. The third-order valence-corrected chi connectivity index (χ3v) is 5.17. The molecule has 0 heterocycles. The van der Waals surface area contributed by atoms with Crippen molar-refractivity contribution in [3.05, 3.63) is 0 Å². The van der Waals surface area contributed by atoms with Gasteiger partial charge in [-0.2, -0.15) is 16.8 Å². The van der Waals surface area contributed by atoms with Crippen LogP contribution in [-0.4, -0.2) is 50.7 Å². The van der Waals surface area contributed by atoms with Crippen molar-refractivity contribution in [3.63, 3.8) is 0 Å². The van der Waals surface area contributed by atoms with Gasteiger partial charge in [-0.25, -0.2) is 0 Å². The molecule has 0 bridgehead atoms. The predicted octanol–water partition coefficient (Wildman–Crippen LogP) is 1.61. The van der Waals surface area contributed by atoms with E-state index in [2.05, 4.69) is 0 Å². The molecule has 128 valence electrons. The van der Waals surface area contributed by atoms with Crippen LogP contribution in [-0.2, 0) is 25.0 Å². The Balaban J connectivity index is 3.93. The summed E-state index contributed by atoms with van der Waals surface area (Å²) in [5.41, 5.74) is 0. The van der Waals surface area contributed by atoms with E-state index in [1.165, 1.54) is 0 Å². The van der Waals surface area contributed by atoms with E-state index < -0.39 is 20.2 Å². The maximum atomic E-state index is 10.8. The quantitative estimate of drug-likeness (QED) is 0.407. The van der Waals surface area contributed by atoms with E-state index in [0.29, 0.717) is 38.9 Å². The highest BCUT2D eigenvalue weighted by Gasteiger charge is 2.16. The zero-order valence-electron chi connectivity index (χ0n) is 12.6. The minimum absolute atomic E-state index is 0.153. The SMILES string of the molecule is CCC(CCOCCC(CC)CS(=O)(=O)O)CS(=O)(=O)O. The fourth-order valence-electron chi connectivity index (χ4n) is 2.01. The lowest BCUT2D eigenvalue weighted by atomic mass is 10.1. The third-order valence-electron chi connectivity index (χ3n) is 3.39. The molecular formula is C12H26O7S2. The first-order valence-corrected chi connectivity index (χ1v) is 10.3. The molecule has 2 N–H and O–H groups in total. The fourth-order valence-corrected chi connectivity index (χ4v) is 4.00. The summed E-state index contributed by atoms with van der Waals surface area (Å²) < 4.78 is 66.1. The first-order chi connectivity index (χ1) is 9.57. The Morgan fingerprint density at radius 3 is 1.38 bits per heavy atom. The third kappa shape index (κ3) is 13.2. The molecule has 0 aromatic carbocycles. The molecule has 0 rings (SSSR count). The monoisotopic (exact) mass is 346 g/mol. The van der Waals surface area contributed by atoms with Gasteiger partial charge in [-0.15, -0.1) is 0 Å². The Morgan fingerprint density at radius 2 is 1.14 bits per heavy atom. The Kier molecular flexibility index (Phi) is 9.63. The van der Waals surface area contributed by atoms with Gasteiger partial charge in [0.2, 0.25) is 0 Å². The van der Waals surface area contributed by atoms with Crippen molar-refractivity contribution in [1.29, 1.82) is 0 Å². The first-order valence-electron chi connectivity index (χ1n) is 7.05. The van der Waals surface area contributed by atoms with Crippen LogP contribution in [0.5, 0.6) is 0 Å². The molecule has 0 radical (unpaired) electrons. The first kappa shape index (κ1) is 20.8. The van der Waals surface area contributed by atoms with Gasteiger partial charge in [0, 0.05) is 13.2 Å².